The van der Waals surface area contributed by atoms with Crippen LogP contribution in [0.1, 0.15) is 18.4 Å². The van der Waals surface area contributed by atoms with Gasteiger partial charge in [0, 0.05) is 0 Å². The molecule has 7 nitrogen and oxygen atoms in total. The Morgan fingerprint density at radius 3 is 2.70 bits per heavy atom. The van der Waals surface area contributed by atoms with Crippen LogP contribution in [-0.2, 0) is 13.2 Å². The zero-order valence-corrected chi connectivity index (χ0v) is 17.4. The van der Waals surface area contributed by atoms with Gasteiger partial charge in [0.25, 0.3) is 5.56 Å². The quantitative estimate of drug-likeness (QED) is 0.486. The lowest BCUT2D eigenvalue weighted by molar-refractivity contribution is -0.931. The molecule has 0 spiro atoms. The second-order valence-electron chi connectivity index (χ2n) is 7.97. The molecule has 1 saturated heterocycles. The Morgan fingerprint density at radius 2 is 1.90 bits per heavy atom. The van der Waals surface area contributed by atoms with E-state index in [9.17, 15) is 9.90 Å². The van der Waals surface area contributed by atoms with Gasteiger partial charge in [0.15, 0.2) is 6.67 Å². The molecule has 2 atom stereocenters. The molecule has 8 heteroatoms. The summed E-state index contributed by atoms with van der Waals surface area (Å²) in [5.74, 6) is 0.546. The van der Waals surface area contributed by atoms with E-state index in [2.05, 4.69) is 0 Å². The molecule has 154 valence electrons. The predicted molar refractivity (Wildman–Crippen MR) is 117 cm³/mol. The molecule has 1 unspecified atom stereocenters. The van der Waals surface area contributed by atoms with Crippen molar-refractivity contribution in [3.8, 4) is 0 Å². The molecule has 1 aliphatic rings. The highest BCUT2D eigenvalue weighted by molar-refractivity contribution is 7.71. The molecule has 30 heavy (non-hydrogen) atoms. The molecule has 5 rings (SSSR count). The molecule has 1 aliphatic heterocycles. The molecule has 0 saturated carbocycles. The number of hydrogen-bond donors (Lipinski definition) is 2. The van der Waals surface area contributed by atoms with Crippen molar-refractivity contribution in [2.24, 2.45) is 0 Å². The number of benzene rings is 2. The van der Waals surface area contributed by atoms with E-state index in [0.717, 1.165) is 30.5 Å². The molecule has 0 bridgehead atoms. The summed E-state index contributed by atoms with van der Waals surface area (Å²) in [5, 5.41) is 15.4. The van der Waals surface area contributed by atoms with Gasteiger partial charge in [-0.05, 0) is 42.8 Å². The number of nitrogens with zero attached hydrogens (tertiary/aromatic N) is 4. The molecule has 4 aromatic rings. The maximum atomic E-state index is 13.3. The fraction of sp³-hybridized carbons (Fsp3) is 0.318. The monoisotopic (exact) mass is 422 g/mol. The minimum atomic E-state index is -0.281. The maximum absolute atomic E-state index is 13.3. The number of piperidine rings is 1. The van der Waals surface area contributed by atoms with Crippen LogP contribution >= 0.6 is 12.2 Å². The average Bonchev–Trinajstić information content (AvgIpc) is 3.08. The van der Waals surface area contributed by atoms with Crippen LogP contribution in [-0.4, -0.2) is 43.0 Å². The zero-order valence-electron chi connectivity index (χ0n) is 16.6. The van der Waals surface area contributed by atoms with E-state index in [0.29, 0.717) is 35.7 Å². The van der Waals surface area contributed by atoms with Crippen LogP contribution in [0.15, 0.2) is 59.4 Å². The summed E-state index contributed by atoms with van der Waals surface area (Å²) in [6.45, 7) is 2.66. The number of fused-ring (bicyclic) bond motifs is 3. The minimum Gasteiger partial charge on any atom is -0.387 e. The van der Waals surface area contributed by atoms with Crippen LogP contribution in [0, 0.1) is 4.77 Å². The Bertz CT molecular complexity index is 1320. The van der Waals surface area contributed by atoms with Crippen molar-refractivity contribution in [1.29, 1.82) is 0 Å². The van der Waals surface area contributed by atoms with Crippen LogP contribution in [0.2, 0.25) is 0 Å². The van der Waals surface area contributed by atoms with Crippen LogP contribution in [0.5, 0.6) is 0 Å². The first-order chi connectivity index (χ1) is 14.6. The van der Waals surface area contributed by atoms with Crippen LogP contribution in [0.4, 0.5) is 0 Å². The summed E-state index contributed by atoms with van der Waals surface area (Å²) in [6, 6.07) is 17.4. The Hall–Kier alpha value is -2.81. The fourth-order valence-electron chi connectivity index (χ4n) is 4.36. The standard InChI is InChI=1S/C22H23N5O2S/c28-17-9-6-12-24(14-17)15-26-22(30)27-19-11-5-4-10-18(19)20(29)25(21(27)23-26)13-16-7-2-1-3-8-16/h1-5,7-8,10-11,17,28H,6,9,12-15H2/p+1/t17-/m0/s1. The Kier molecular flexibility index (Phi) is 4.98. The Labute approximate surface area is 178 Å². The number of quaternary nitrogens is 1. The van der Waals surface area contributed by atoms with Crippen molar-refractivity contribution in [3.05, 3.63) is 75.3 Å². The fourth-order valence-corrected chi connectivity index (χ4v) is 4.64. The predicted octanol–water partition coefficient (Wildman–Crippen LogP) is 1.23. The number of nitrogens with one attached hydrogen (secondary N) is 1. The van der Waals surface area contributed by atoms with Gasteiger partial charge in [-0.25, -0.2) is 0 Å². The largest absolute Gasteiger partial charge is 0.387 e. The van der Waals surface area contributed by atoms with E-state index in [1.54, 1.807) is 9.25 Å². The maximum Gasteiger partial charge on any atom is 0.263 e. The third-order valence-corrected chi connectivity index (χ3v) is 6.23. The Morgan fingerprint density at radius 1 is 1.13 bits per heavy atom. The molecule has 0 aliphatic carbocycles. The van der Waals surface area contributed by atoms with Gasteiger partial charge < -0.3 is 10.0 Å². The van der Waals surface area contributed by atoms with Gasteiger partial charge in [-0.2, -0.15) is 4.68 Å². The number of hydrogen-bond acceptors (Lipinski definition) is 4. The lowest BCUT2D eigenvalue weighted by atomic mass is 10.1. The lowest BCUT2D eigenvalue weighted by Crippen LogP contribution is -3.13. The van der Waals surface area contributed by atoms with Crippen LogP contribution < -0.4 is 10.5 Å². The second-order valence-corrected chi connectivity index (χ2v) is 8.34. The van der Waals surface area contributed by atoms with Crippen molar-refractivity contribution >= 4 is 28.9 Å². The second kappa shape index (κ2) is 7.79. The van der Waals surface area contributed by atoms with Crippen molar-refractivity contribution in [3.63, 3.8) is 0 Å². The van der Waals surface area contributed by atoms with Gasteiger partial charge in [0.05, 0.1) is 24.0 Å². The lowest BCUT2D eigenvalue weighted by Gasteiger charge is -2.26. The van der Waals surface area contributed by atoms with Gasteiger partial charge in [0.1, 0.15) is 12.6 Å². The van der Waals surface area contributed by atoms with Crippen LogP contribution in [0.3, 0.4) is 0 Å². The van der Waals surface area contributed by atoms with E-state index in [1.165, 1.54) is 4.90 Å². The summed E-state index contributed by atoms with van der Waals surface area (Å²) in [4.78, 5) is 14.6. The smallest absolute Gasteiger partial charge is 0.263 e. The van der Waals surface area contributed by atoms with E-state index in [-0.39, 0.29) is 11.7 Å². The average molecular weight is 423 g/mol. The van der Waals surface area contributed by atoms with Gasteiger partial charge in [0.2, 0.25) is 10.5 Å². The molecule has 2 N–H and O–H groups in total. The van der Waals surface area contributed by atoms with Gasteiger partial charge >= 0.3 is 0 Å². The number of aliphatic hydroxyl groups is 1. The van der Waals surface area contributed by atoms with E-state index in [1.807, 2.05) is 59.0 Å². The molecular formula is C22H24N5O2S+. The van der Waals surface area contributed by atoms with Crippen molar-refractivity contribution < 1.29 is 10.0 Å². The SMILES string of the molecule is O=c1c2ccccc2n2c(=S)n(C[NH+]3CCC[C@H](O)C3)nc2n1Cc1ccccc1. The summed E-state index contributed by atoms with van der Waals surface area (Å²) >= 11 is 5.79. The van der Waals surface area contributed by atoms with Gasteiger partial charge in [-0.3, -0.25) is 13.8 Å². The van der Waals surface area contributed by atoms with Crippen molar-refractivity contribution in [2.45, 2.75) is 32.2 Å². The number of likely N-dealkylation sites (tertiary alicyclic amines) is 1. The van der Waals surface area contributed by atoms with Crippen molar-refractivity contribution in [2.75, 3.05) is 13.1 Å². The first kappa shape index (κ1) is 19.2. The highest BCUT2D eigenvalue weighted by Crippen LogP contribution is 2.15. The van der Waals surface area contributed by atoms with E-state index >= 15 is 0 Å². The topological polar surface area (TPSA) is 68.9 Å². The third kappa shape index (κ3) is 3.36. The molecule has 1 fully saturated rings. The third-order valence-electron chi connectivity index (χ3n) is 5.83. The molecular weight excluding hydrogens is 398 g/mol. The van der Waals surface area contributed by atoms with Gasteiger partial charge in [-0.15, -0.1) is 5.10 Å². The number of aliphatic hydroxyl groups excluding tert-OH is 1. The normalized spacial score (nSPS) is 19.5. The van der Waals surface area contributed by atoms with Crippen molar-refractivity contribution in [1.82, 2.24) is 18.7 Å². The van der Waals surface area contributed by atoms with E-state index < -0.39 is 0 Å². The van der Waals surface area contributed by atoms with Gasteiger partial charge in [-0.1, -0.05) is 42.5 Å². The Balaban J connectivity index is 1.69. The molecule has 0 amide bonds. The summed E-state index contributed by atoms with van der Waals surface area (Å²) in [7, 11) is 0. The first-order valence-corrected chi connectivity index (χ1v) is 10.7. The molecule has 3 heterocycles. The molecule has 2 aromatic heterocycles. The summed E-state index contributed by atoms with van der Waals surface area (Å²) in [6.07, 6.45) is 1.55. The first-order valence-electron chi connectivity index (χ1n) is 10.3. The summed E-state index contributed by atoms with van der Waals surface area (Å²) < 4.78 is 5.96. The van der Waals surface area contributed by atoms with E-state index in [4.69, 9.17) is 17.3 Å². The highest BCUT2D eigenvalue weighted by atomic mass is 32.1. The van der Waals surface area contributed by atoms with Crippen LogP contribution in [0.25, 0.3) is 16.7 Å². The number of rotatable bonds is 4. The number of para-hydroxylation sites is 1. The zero-order chi connectivity index (χ0) is 20.7. The molecule has 0 radical (unpaired) electrons. The minimum absolute atomic E-state index is 0.0742. The molecule has 2 aromatic carbocycles. The summed E-state index contributed by atoms with van der Waals surface area (Å²) in [5.41, 5.74) is 1.73. The number of aromatic nitrogens is 4. The highest BCUT2D eigenvalue weighted by Gasteiger charge is 2.23.